The van der Waals surface area contributed by atoms with Gasteiger partial charge in [-0.15, -0.1) is 34.8 Å². The quantitative estimate of drug-likeness (QED) is 0.224. The lowest BCUT2D eigenvalue weighted by molar-refractivity contribution is -0.339. The topological polar surface area (TPSA) is 129 Å². The summed E-state index contributed by atoms with van der Waals surface area (Å²) in [6, 6.07) is 0. The van der Waals surface area contributed by atoms with E-state index in [4.69, 9.17) is 59.2 Å². The minimum atomic E-state index is -1.91. The monoisotopic (exact) mass is 398 g/mol. The van der Waals surface area contributed by atoms with Crippen molar-refractivity contribution in [3.05, 3.63) is 0 Å². The summed E-state index contributed by atoms with van der Waals surface area (Å²) in [5.74, 6) is -2.57. The molecule has 1 aliphatic heterocycles. The predicted molar refractivity (Wildman–Crippen MR) is 81.7 cm³/mol. The van der Waals surface area contributed by atoms with Gasteiger partial charge in [-0.1, -0.05) is 0 Å². The first-order chi connectivity index (χ1) is 10.9. The summed E-state index contributed by atoms with van der Waals surface area (Å²) in [7, 11) is 0. The van der Waals surface area contributed by atoms with E-state index in [9.17, 15) is 15.3 Å². The number of rotatable bonds is 10. The Morgan fingerprint density at radius 3 is 2.17 bits per heavy atom. The van der Waals surface area contributed by atoms with Crippen LogP contribution < -0.4 is 0 Å². The molecule has 1 fully saturated rings. The summed E-state index contributed by atoms with van der Waals surface area (Å²) >= 11 is 17.0. The van der Waals surface area contributed by atoms with Crippen molar-refractivity contribution in [2.45, 2.75) is 42.6 Å². The second-order valence-corrected chi connectivity index (χ2v) is 5.91. The SMILES string of the molecule is OCC(CCl)O[C@H](O[C@@]1(CCl)O[C@H](CCl)C(O)C1O)C(O)CO. The molecule has 5 N–H and O–H groups in total. The molecule has 0 radical (unpaired) electrons. The number of halogens is 3. The van der Waals surface area contributed by atoms with E-state index in [1.54, 1.807) is 0 Å². The summed E-state index contributed by atoms with van der Waals surface area (Å²) in [5.41, 5.74) is 0. The van der Waals surface area contributed by atoms with E-state index in [1.165, 1.54) is 0 Å². The van der Waals surface area contributed by atoms with Gasteiger partial charge in [0.05, 0.1) is 37.0 Å². The van der Waals surface area contributed by atoms with Crippen molar-refractivity contribution in [2.24, 2.45) is 0 Å². The average molecular weight is 400 g/mol. The summed E-state index contributed by atoms with van der Waals surface area (Å²) in [4.78, 5) is 0. The lowest BCUT2D eigenvalue weighted by Gasteiger charge is -2.36. The molecule has 0 bridgehead atoms. The average Bonchev–Trinajstić information content (AvgIpc) is 2.82. The second-order valence-electron chi connectivity index (χ2n) is 5.02. The molecule has 8 nitrogen and oxygen atoms in total. The number of hydrogen-bond donors (Lipinski definition) is 5. The minimum Gasteiger partial charge on any atom is -0.394 e. The largest absolute Gasteiger partial charge is 0.394 e. The Morgan fingerprint density at radius 1 is 1.13 bits per heavy atom. The molecule has 138 valence electrons. The van der Waals surface area contributed by atoms with Crippen molar-refractivity contribution in [3.8, 4) is 0 Å². The number of aliphatic hydroxyl groups is 5. The Morgan fingerprint density at radius 2 is 1.78 bits per heavy atom. The molecule has 23 heavy (non-hydrogen) atoms. The lowest BCUT2D eigenvalue weighted by atomic mass is 10.1. The van der Waals surface area contributed by atoms with Crippen LogP contribution in [0.1, 0.15) is 0 Å². The maximum atomic E-state index is 10.1. The van der Waals surface area contributed by atoms with E-state index in [0.717, 1.165) is 0 Å². The van der Waals surface area contributed by atoms with Gasteiger partial charge in [-0.2, -0.15) is 0 Å². The van der Waals surface area contributed by atoms with Crippen LogP contribution in [-0.4, -0.2) is 99.0 Å². The van der Waals surface area contributed by atoms with Gasteiger partial charge in [0.1, 0.15) is 24.4 Å². The van der Waals surface area contributed by atoms with E-state index < -0.39 is 61.7 Å². The van der Waals surface area contributed by atoms with E-state index in [2.05, 4.69) is 0 Å². The van der Waals surface area contributed by atoms with Crippen molar-refractivity contribution >= 4 is 34.8 Å². The number of ether oxygens (including phenoxy) is 3. The highest BCUT2D eigenvalue weighted by Crippen LogP contribution is 2.36. The van der Waals surface area contributed by atoms with Gasteiger partial charge in [-0.3, -0.25) is 0 Å². The Balaban J connectivity index is 2.94. The van der Waals surface area contributed by atoms with Gasteiger partial charge < -0.3 is 39.7 Å². The van der Waals surface area contributed by atoms with Crippen molar-refractivity contribution in [1.29, 1.82) is 0 Å². The molecule has 1 aliphatic rings. The van der Waals surface area contributed by atoms with Crippen LogP contribution in [0.2, 0.25) is 0 Å². The first kappa shape index (κ1) is 21.6. The fourth-order valence-electron chi connectivity index (χ4n) is 2.02. The van der Waals surface area contributed by atoms with E-state index >= 15 is 0 Å². The molecule has 0 aliphatic carbocycles. The Kier molecular flexibility index (Phi) is 9.28. The molecule has 4 unspecified atom stereocenters. The zero-order valence-electron chi connectivity index (χ0n) is 12.1. The molecule has 11 heteroatoms. The van der Waals surface area contributed by atoms with Crippen LogP contribution >= 0.6 is 34.8 Å². The summed E-state index contributed by atoms with van der Waals surface area (Å²) in [5, 5.41) is 48.1. The van der Waals surface area contributed by atoms with Gasteiger partial charge in [-0.05, 0) is 0 Å². The zero-order valence-corrected chi connectivity index (χ0v) is 14.4. The van der Waals surface area contributed by atoms with Gasteiger partial charge in [0.25, 0.3) is 0 Å². The third-order valence-electron chi connectivity index (χ3n) is 3.36. The zero-order chi connectivity index (χ0) is 17.6. The van der Waals surface area contributed by atoms with E-state index in [0.29, 0.717) is 0 Å². The summed E-state index contributed by atoms with van der Waals surface area (Å²) in [6.45, 7) is -1.20. The van der Waals surface area contributed by atoms with Gasteiger partial charge >= 0.3 is 0 Å². The van der Waals surface area contributed by atoms with Crippen LogP contribution in [0, 0.1) is 0 Å². The van der Waals surface area contributed by atoms with Gasteiger partial charge in [-0.25, -0.2) is 0 Å². The molecule has 0 saturated carbocycles. The maximum absolute atomic E-state index is 10.1. The number of aliphatic hydroxyl groups excluding tert-OH is 5. The summed E-state index contributed by atoms with van der Waals surface area (Å²) in [6.07, 6.45) is -7.83. The van der Waals surface area contributed by atoms with Crippen LogP contribution in [0.5, 0.6) is 0 Å². The summed E-state index contributed by atoms with van der Waals surface area (Å²) < 4.78 is 16.1. The molecule has 7 atom stereocenters. The highest BCUT2D eigenvalue weighted by Gasteiger charge is 2.56. The van der Waals surface area contributed by atoms with Crippen molar-refractivity contribution < 1.29 is 39.7 Å². The normalized spacial score (nSPS) is 35.2. The van der Waals surface area contributed by atoms with Gasteiger partial charge in [0.15, 0.2) is 6.29 Å². The minimum absolute atomic E-state index is 0.112. The number of hydrogen-bond acceptors (Lipinski definition) is 8. The van der Waals surface area contributed by atoms with E-state index in [1.807, 2.05) is 0 Å². The first-order valence-electron chi connectivity index (χ1n) is 6.84. The fourth-order valence-corrected chi connectivity index (χ4v) is 2.72. The van der Waals surface area contributed by atoms with Gasteiger partial charge in [0.2, 0.25) is 5.79 Å². The third kappa shape index (κ3) is 5.02. The standard InChI is InChI=1S/C12H21Cl3O8/c13-1-6(3-16)21-11(7(18)4-17)23-12(5-15)10(20)9(19)8(2-14)22-12/h6-11,16-20H,1-5H2/t6?,7?,8-,9?,10?,11-,12-/m1/s1. The molecule has 0 aromatic carbocycles. The van der Waals surface area contributed by atoms with Gasteiger partial charge in [0, 0.05) is 0 Å². The Bertz CT molecular complexity index is 348. The molecule has 1 heterocycles. The third-order valence-corrected chi connectivity index (χ3v) is 4.38. The highest BCUT2D eigenvalue weighted by molar-refractivity contribution is 6.19. The Labute approximate surface area is 148 Å². The van der Waals surface area contributed by atoms with E-state index in [-0.39, 0.29) is 11.8 Å². The Hall–Kier alpha value is 0.550. The molecule has 0 amide bonds. The number of alkyl halides is 3. The highest BCUT2D eigenvalue weighted by atomic mass is 35.5. The van der Waals surface area contributed by atoms with Crippen LogP contribution in [-0.2, 0) is 14.2 Å². The van der Waals surface area contributed by atoms with Crippen molar-refractivity contribution in [1.82, 2.24) is 0 Å². The molecule has 0 aromatic rings. The van der Waals surface area contributed by atoms with Crippen LogP contribution in [0.15, 0.2) is 0 Å². The predicted octanol–water partition coefficient (Wildman–Crippen LogP) is -1.41. The smallest absolute Gasteiger partial charge is 0.214 e. The first-order valence-corrected chi connectivity index (χ1v) is 8.44. The van der Waals surface area contributed by atoms with Crippen LogP contribution in [0.25, 0.3) is 0 Å². The van der Waals surface area contributed by atoms with Crippen LogP contribution in [0.3, 0.4) is 0 Å². The molecule has 1 rings (SSSR count). The fraction of sp³-hybridized carbons (Fsp3) is 1.00. The molecule has 1 saturated heterocycles. The van der Waals surface area contributed by atoms with Crippen molar-refractivity contribution in [3.63, 3.8) is 0 Å². The lowest BCUT2D eigenvalue weighted by Crippen LogP contribution is -2.53. The molecular formula is C12H21Cl3O8. The molecular weight excluding hydrogens is 378 g/mol. The maximum Gasteiger partial charge on any atom is 0.214 e. The van der Waals surface area contributed by atoms with Crippen LogP contribution in [0.4, 0.5) is 0 Å². The molecule has 0 spiro atoms. The molecule has 0 aromatic heterocycles. The second kappa shape index (κ2) is 9.88. The van der Waals surface area contributed by atoms with Crippen molar-refractivity contribution in [2.75, 3.05) is 30.9 Å².